The number of carbonyl (C=O) groups excluding carboxylic acids is 1. The van der Waals surface area contributed by atoms with Gasteiger partial charge in [0.2, 0.25) is 5.91 Å². The van der Waals surface area contributed by atoms with E-state index in [1.807, 2.05) is 65.2 Å². The fourth-order valence-electron chi connectivity index (χ4n) is 5.08. The molecule has 0 radical (unpaired) electrons. The minimum absolute atomic E-state index is 0.0770. The van der Waals surface area contributed by atoms with Gasteiger partial charge in [-0.2, -0.15) is 4.98 Å². The molecule has 1 saturated heterocycles. The van der Waals surface area contributed by atoms with Crippen LogP contribution in [0.5, 0.6) is 0 Å². The maximum atomic E-state index is 12.9. The number of amides is 1. The van der Waals surface area contributed by atoms with Gasteiger partial charge in [0.1, 0.15) is 17.8 Å². The van der Waals surface area contributed by atoms with E-state index in [1.54, 1.807) is 6.33 Å². The first-order valence-electron chi connectivity index (χ1n) is 13.4. The highest BCUT2D eigenvalue weighted by Crippen LogP contribution is 2.29. The van der Waals surface area contributed by atoms with Crippen molar-refractivity contribution >= 4 is 34.2 Å². The van der Waals surface area contributed by atoms with E-state index in [0.29, 0.717) is 28.9 Å². The van der Waals surface area contributed by atoms with Crippen LogP contribution in [0.1, 0.15) is 37.0 Å². The largest absolute Gasteiger partial charge is 0.427 e. The zero-order chi connectivity index (χ0) is 26.6. The van der Waals surface area contributed by atoms with Crippen LogP contribution in [0.4, 0.5) is 5.69 Å². The third kappa shape index (κ3) is 5.90. The number of aromatic nitrogens is 3. The summed E-state index contributed by atoms with van der Waals surface area (Å²) >= 11 is 6.12. The number of para-hydroxylation sites is 2. The number of halogens is 1. The number of fused-ring (bicyclic) bond motifs is 1. The summed E-state index contributed by atoms with van der Waals surface area (Å²) in [4.78, 5) is 24.6. The first-order valence-corrected chi connectivity index (χ1v) is 13.8. The monoisotopic (exact) mass is 539 g/mol. The molecule has 198 valence electrons. The molecule has 39 heavy (non-hydrogen) atoms. The molecule has 1 aliphatic rings. The van der Waals surface area contributed by atoms with Crippen molar-refractivity contribution in [3.63, 3.8) is 0 Å². The van der Waals surface area contributed by atoms with Gasteiger partial charge in [0, 0.05) is 35.7 Å². The molecule has 6 rings (SSSR count). The second-order valence-electron chi connectivity index (χ2n) is 9.96. The van der Waals surface area contributed by atoms with Gasteiger partial charge in [-0.05, 0) is 67.9 Å². The number of imidazole rings is 1. The average Bonchev–Trinajstić information content (AvgIpc) is 3.58. The van der Waals surface area contributed by atoms with E-state index in [4.69, 9.17) is 21.0 Å². The molecule has 0 spiro atoms. The van der Waals surface area contributed by atoms with Crippen LogP contribution in [0, 0.1) is 0 Å². The summed E-state index contributed by atoms with van der Waals surface area (Å²) in [6.07, 6.45) is 6.25. The number of nitrogens with zero attached hydrogens (tertiary/aromatic N) is 4. The van der Waals surface area contributed by atoms with Crippen molar-refractivity contribution in [2.45, 2.75) is 38.6 Å². The number of likely N-dealkylation sites (tertiary alicyclic amines) is 1. The van der Waals surface area contributed by atoms with Gasteiger partial charge in [-0.25, -0.2) is 4.98 Å². The Morgan fingerprint density at radius 1 is 0.949 bits per heavy atom. The Labute approximate surface area is 232 Å². The summed E-state index contributed by atoms with van der Waals surface area (Å²) in [5, 5.41) is 3.67. The molecule has 1 N–H and O–H groups in total. The number of piperidine rings is 1. The molecule has 0 unspecified atom stereocenters. The first kappa shape index (κ1) is 25.3. The van der Waals surface area contributed by atoms with Gasteiger partial charge < -0.3 is 9.73 Å². The predicted octanol–water partition coefficient (Wildman–Crippen LogP) is 6.89. The zero-order valence-corrected chi connectivity index (χ0v) is 22.4. The standard InChI is InChI=1S/C31H30ClN5O2/c32-24-12-10-23(11-13-24)30-28(39-31(35-30)37-21-33-26-6-2-3-7-27(26)37)16-17-29(38)34-25-14-8-22(9-15-25)20-36-18-4-1-5-19-36/h2-3,6-15,21H,1,4-5,16-20H2,(H,34,38). The van der Waals surface area contributed by atoms with Gasteiger partial charge >= 0.3 is 6.01 Å². The van der Waals surface area contributed by atoms with Crippen molar-refractivity contribution < 1.29 is 9.21 Å². The molecule has 1 aliphatic heterocycles. The lowest BCUT2D eigenvalue weighted by Gasteiger charge is -2.26. The van der Waals surface area contributed by atoms with E-state index in [1.165, 1.54) is 24.8 Å². The number of hydrogen-bond acceptors (Lipinski definition) is 5. The summed E-state index contributed by atoms with van der Waals surface area (Å²) < 4.78 is 8.06. The highest BCUT2D eigenvalue weighted by molar-refractivity contribution is 6.30. The SMILES string of the molecule is O=C(CCc1oc(-n2cnc3ccccc32)nc1-c1ccc(Cl)cc1)Nc1ccc(CN2CCCCC2)cc1. The fraction of sp³-hybridized carbons (Fsp3) is 0.258. The molecule has 3 aromatic carbocycles. The lowest BCUT2D eigenvalue weighted by molar-refractivity contribution is -0.116. The number of hydrogen-bond donors (Lipinski definition) is 1. The number of anilines is 1. The molecule has 8 heteroatoms. The van der Waals surface area contributed by atoms with Gasteiger partial charge in [0.05, 0.1) is 11.0 Å². The molecule has 0 aliphatic carbocycles. The van der Waals surface area contributed by atoms with Crippen LogP contribution in [0.15, 0.2) is 83.5 Å². The third-order valence-electron chi connectivity index (χ3n) is 7.14. The molecule has 7 nitrogen and oxygen atoms in total. The van der Waals surface area contributed by atoms with Crippen molar-refractivity contribution in [2.24, 2.45) is 0 Å². The van der Waals surface area contributed by atoms with Crippen molar-refractivity contribution in [3.05, 3.63) is 95.5 Å². The second kappa shape index (κ2) is 11.4. The van der Waals surface area contributed by atoms with E-state index in [-0.39, 0.29) is 12.3 Å². The fourth-order valence-corrected chi connectivity index (χ4v) is 5.20. The van der Waals surface area contributed by atoms with Crippen LogP contribution in [-0.4, -0.2) is 38.4 Å². The van der Waals surface area contributed by atoms with Gasteiger partial charge in [0.15, 0.2) is 0 Å². The molecule has 0 atom stereocenters. The summed E-state index contributed by atoms with van der Waals surface area (Å²) in [6, 6.07) is 23.8. The Balaban J connectivity index is 1.16. The summed E-state index contributed by atoms with van der Waals surface area (Å²) in [5.41, 5.74) is 5.38. The van der Waals surface area contributed by atoms with Crippen LogP contribution in [0.25, 0.3) is 28.3 Å². The van der Waals surface area contributed by atoms with Crippen LogP contribution < -0.4 is 5.32 Å². The Morgan fingerprint density at radius 2 is 1.72 bits per heavy atom. The van der Waals surface area contributed by atoms with Crippen LogP contribution in [-0.2, 0) is 17.8 Å². The van der Waals surface area contributed by atoms with Crippen LogP contribution in [0.2, 0.25) is 5.02 Å². The van der Waals surface area contributed by atoms with E-state index < -0.39 is 0 Å². The van der Waals surface area contributed by atoms with E-state index in [2.05, 4.69) is 27.3 Å². The lowest BCUT2D eigenvalue weighted by Crippen LogP contribution is -2.29. The molecule has 0 bridgehead atoms. The molecule has 3 heterocycles. The zero-order valence-electron chi connectivity index (χ0n) is 21.6. The maximum absolute atomic E-state index is 12.9. The molecule has 0 saturated carbocycles. The van der Waals surface area contributed by atoms with Crippen molar-refractivity contribution in [1.29, 1.82) is 0 Å². The maximum Gasteiger partial charge on any atom is 0.308 e. The molecule has 1 amide bonds. The van der Waals surface area contributed by atoms with Crippen LogP contribution in [0.3, 0.4) is 0 Å². The smallest absolute Gasteiger partial charge is 0.308 e. The van der Waals surface area contributed by atoms with E-state index >= 15 is 0 Å². The summed E-state index contributed by atoms with van der Waals surface area (Å²) in [6.45, 7) is 3.29. The highest BCUT2D eigenvalue weighted by atomic mass is 35.5. The Morgan fingerprint density at radius 3 is 2.51 bits per heavy atom. The van der Waals surface area contributed by atoms with Gasteiger partial charge in [0.25, 0.3) is 0 Å². The number of benzene rings is 3. The molecular formula is C31H30ClN5O2. The topological polar surface area (TPSA) is 76.2 Å². The van der Waals surface area contributed by atoms with Gasteiger partial charge in [-0.1, -0.05) is 54.4 Å². The Bertz CT molecular complexity index is 1570. The molecule has 5 aromatic rings. The third-order valence-corrected chi connectivity index (χ3v) is 7.39. The second-order valence-corrected chi connectivity index (χ2v) is 10.4. The number of nitrogens with one attached hydrogen (secondary N) is 1. The van der Waals surface area contributed by atoms with E-state index in [9.17, 15) is 4.79 Å². The van der Waals surface area contributed by atoms with Crippen molar-refractivity contribution in [2.75, 3.05) is 18.4 Å². The Kier molecular flexibility index (Phi) is 7.43. The van der Waals surface area contributed by atoms with Crippen LogP contribution >= 0.6 is 11.6 Å². The van der Waals surface area contributed by atoms with Gasteiger partial charge in [-0.15, -0.1) is 0 Å². The highest BCUT2D eigenvalue weighted by Gasteiger charge is 2.19. The number of rotatable bonds is 8. The average molecular weight is 540 g/mol. The predicted molar refractivity (Wildman–Crippen MR) is 154 cm³/mol. The number of aryl methyl sites for hydroxylation is 1. The number of oxazole rings is 1. The normalized spacial score (nSPS) is 14.1. The van der Waals surface area contributed by atoms with Crippen molar-refractivity contribution in [1.82, 2.24) is 19.4 Å². The molecule has 2 aromatic heterocycles. The number of carbonyl (C=O) groups is 1. The first-order chi connectivity index (χ1) is 19.1. The lowest BCUT2D eigenvalue weighted by atomic mass is 10.1. The summed E-state index contributed by atoms with van der Waals surface area (Å²) in [5.74, 6) is 0.559. The summed E-state index contributed by atoms with van der Waals surface area (Å²) in [7, 11) is 0. The molecule has 1 fully saturated rings. The van der Waals surface area contributed by atoms with Gasteiger partial charge in [-0.3, -0.25) is 14.3 Å². The van der Waals surface area contributed by atoms with E-state index in [0.717, 1.165) is 41.9 Å². The van der Waals surface area contributed by atoms with Crippen molar-refractivity contribution in [3.8, 4) is 17.3 Å². The minimum atomic E-state index is -0.0770. The quantitative estimate of drug-likeness (QED) is 0.232. The molecular weight excluding hydrogens is 510 g/mol. The minimum Gasteiger partial charge on any atom is -0.427 e. The Hall–Kier alpha value is -3.94.